The molecule has 0 amide bonds. The van der Waals surface area contributed by atoms with Gasteiger partial charge in [-0.2, -0.15) is 10.4 Å². The van der Waals surface area contributed by atoms with E-state index >= 15 is 0 Å². The van der Waals surface area contributed by atoms with Gasteiger partial charge in [0.15, 0.2) is 0 Å². The molecule has 2 rings (SSSR count). The first-order valence-corrected chi connectivity index (χ1v) is 5.35. The number of para-hydroxylation sites is 1. The molecule has 0 aliphatic rings. The van der Waals surface area contributed by atoms with Gasteiger partial charge in [-0.05, 0) is 19.9 Å². The molecule has 0 unspecified atom stereocenters. The molecule has 0 spiro atoms. The highest BCUT2D eigenvalue weighted by Gasteiger charge is 2.21. The maximum Gasteiger partial charge on any atom is 0.0718 e. The number of aryl methyl sites for hydroxylation is 1. The molecule has 82 valence electrons. The molecule has 0 saturated heterocycles. The van der Waals surface area contributed by atoms with E-state index in [9.17, 15) is 0 Å². The highest BCUT2D eigenvalue weighted by atomic mass is 15.3. The second kappa shape index (κ2) is 3.64. The zero-order chi connectivity index (χ0) is 11.8. The van der Waals surface area contributed by atoms with Crippen LogP contribution in [0.3, 0.4) is 0 Å². The fraction of sp³-hybridized carbons (Fsp3) is 0.385. The number of nitriles is 1. The van der Waals surface area contributed by atoms with Crippen molar-refractivity contribution in [2.75, 3.05) is 0 Å². The zero-order valence-corrected chi connectivity index (χ0v) is 9.86. The lowest BCUT2D eigenvalue weighted by Gasteiger charge is -2.12. The highest BCUT2D eigenvalue weighted by Crippen LogP contribution is 2.25. The van der Waals surface area contributed by atoms with E-state index in [1.165, 1.54) is 0 Å². The lowest BCUT2D eigenvalue weighted by molar-refractivity contribution is 0.485. The second-order valence-corrected chi connectivity index (χ2v) is 4.76. The molecule has 3 heteroatoms. The van der Waals surface area contributed by atoms with Gasteiger partial charge in [0.2, 0.25) is 0 Å². The lowest BCUT2D eigenvalue weighted by Crippen LogP contribution is -2.12. The minimum Gasteiger partial charge on any atom is -0.268 e. The molecule has 1 aromatic carbocycles. The van der Waals surface area contributed by atoms with Crippen molar-refractivity contribution >= 4 is 10.9 Å². The lowest BCUT2D eigenvalue weighted by atomic mass is 9.89. The van der Waals surface area contributed by atoms with E-state index in [2.05, 4.69) is 17.2 Å². The summed E-state index contributed by atoms with van der Waals surface area (Å²) in [7, 11) is 1.94. The molecule has 16 heavy (non-hydrogen) atoms. The first kappa shape index (κ1) is 10.7. The summed E-state index contributed by atoms with van der Waals surface area (Å²) < 4.78 is 1.87. The molecule has 0 fully saturated rings. The summed E-state index contributed by atoms with van der Waals surface area (Å²) >= 11 is 0. The predicted molar refractivity (Wildman–Crippen MR) is 63.8 cm³/mol. The highest BCUT2D eigenvalue weighted by molar-refractivity contribution is 5.81. The van der Waals surface area contributed by atoms with Crippen LogP contribution in [0.2, 0.25) is 0 Å². The number of nitrogens with zero attached hydrogens (tertiary/aromatic N) is 3. The molecule has 3 nitrogen and oxygen atoms in total. The van der Waals surface area contributed by atoms with Gasteiger partial charge in [-0.15, -0.1) is 0 Å². The third-order valence-corrected chi connectivity index (χ3v) is 2.75. The van der Waals surface area contributed by atoms with Crippen LogP contribution in [0.15, 0.2) is 24.3 Å². The molecule has 0 aliphatic heterocycles. The fourth-order valence-electron chi connectivity index (χ4n) is 1.88. The van der Waals surface area contributed by atoms with E-state index in [1.54, 1.807) is 0 Å². The van der Waals surface area contributed by atoms with E-state index in [0.717, 1.165) is 16.6 Å². The molecular weight excluding hydrogens is 198 g/mol. The van der Waals surface area contributed by atoms with Crippen molar-refractivity contribution in [1.29, 1.82) is 5.26 Å². The summed E-state index contributed by atoms with van der Waals surface area (Å²) in [6, 6.07) is 10.4. The van der Waals surface area contributed by atoms with E-state index in [1.807, 2.05) is 43.8 Å². The maximum absolute atomic E-state index is 9.05. The van der Waals surface area contributed by atoms with Crippen molar-refractivity contribution in [3.8, 4) is 6.07 Å². The van der Waals surface area contributed by atoms with E-state index in [0.29, 0.717) is 6.42 Å². The Morgan fingerprint density at radius 1 is 1.38 bits per heavy atom. The Kier molecular flexibility index (Phi) is 2.43. The van der Waals surface area contributed by atoms with Gasteiger partial charge in [0.05, 0.1) is 22.7 Å². The van der Waals surface area contributed by atoms with Crippen LogP contribution >= 0.6 is 0 Å². The van der Waals surface area contributed by atoms with Crippen LogP contribution < -0.4 is 0 Å². The molecule has 2 aromatic rings. The Bertz CT molecular complexity index is 558. The first-order valence-electron chi connectivity index (χ1n) is 5.35. The monoisotopic (exact) mass is 213 g/mol. The standard InChI is InChI=1S/C13H15N3/c1-13(2,9-14)8-11-10-6-4-5-7-12(10)16(3)15-11/h4-7H,8H2,1-3H3. The Morgan fingerprint density at radius 2 is 2.06 bits per heavy atom. The minimum absolute atomic E-state index is 0.364. The third-order valence-electron chi connectivity index (χ3n) is 2.75. The molecule has 1 heterocycles. The van der Waals surface area contributed by atoms with Crippen molar-refractivity contribution < 1.29 is 0 Å². The van der Waals surface area contributed by atoms with Crippen LogP contribution in [-0.4, -0.2) is 9.78 Å². The molecule has 0 saturated carbocycles. The first-order chi connectivity index (χ1) is 7.53. The van der Waals surface area contributed by atoms with Gasteiger partial charge in [0.25, 0.3) is 0 Å². The summed E-state index contributed by atoms with van der Waals surface area (Å²) in [6.45, 7) is 3.88. The summed E-state index contributed by atoms with van der Waals surface area (Å²) in [6.07, 6.45) is 0.685. The smallest absolute Gasteiger partial charge is 0.0718 e. The summed E-state index contributed by atoms with van der Waals surface area (Å²) in [5.74, 6) is 0. The largest absolute Gasteiger partial charge is 0.268 e. The summed E-state index contributed by atoms with van der Waals surface area (Å²) in [4.78, 5) is 0. The number of fused-ring (bicyclic) bond motifs is 1. The SMILES string of the molecule is Cn1nc(CC(C)(C)C#N)c2ccccc21. The van der Waals surface area contributed by atoms with Crippen molar-refractivity contribution in [2.24, 2.45) is 12.5 Å². The minimum atomic E-state index is -0.364. The van der Waals surface area contributed by atoms with E-state index < -0.39 is 0 Å². The van der Waals surface area contributed by atoms with Crippen molar-refractivity contribution in [3.05, 3.63) is 30.0 Å². The number of hydrogen-bond acceptors (Lipinski definition) is 2. The van der Waals surface area contributed by atoms with Crippen LogP contribution in [0.1, 0.15) is 19.5 Å². The Hall–Kier alpha value is -1.82. The predicted octanol–water partition coefficient (Wildman–Crippen LogP) is 2.67. The Labute approximate surface area is 95.3 Å². The molecule has 0 N–H and O–H groups in total. The quantitative estimate of drug-likeness (QED) is 0.769. The van der Waals surface area contributed by atoms with Crippen LogP contribution in [0.25, 0.3) is 10.9 Å². The number of rotatable bonds is 2. The summed E-state index contributed by atoms with van der Waals surface area (Å²) in [5.41, 5.74) is 1.76. The van der Waals surface area contributed by atoms with Crippen LogP contribution in [0, 0.1) is 16.7 Å². The van der Waals surface area contributed by atoms with Crippen LogP contribution in [0.5, 0.6) is 0 Å². The van der Waals surface area contributed by atoms with Gasteiger partial charge in [0, 0.05) is 18.9 Å². The molecule has 1 aromatic heterocycles. The van der Waals surface area contributed by atoms with Gasteiger partial charge in [-0.1, -0.05) is 18.2 Å². The van der Waals surface area contributed by atoms with Crippen molar-refractivity contribution in [3.63, 3.8) is 0 Å². The van der Waals surface area contributed by atoms with Gasteiger partial charge >= 0.3 is 0 Å². The van der Waals surface area contributed by atoms with Crippen molar-refractivity contribution in [2.45, 2.75) is 20.3 Å². The van der Waals surface area contributed by atoms with Gasteiger partial charge in [-0.25, -0.2) is 0 Å². The second-order valence-electron chi connectivity index (χ2n) is 4.76. The number of benzene rings is 1. The Balaban J connectivity index is 2.51. The molecule has 0 atom stereocenters. The third kappa shape index (κ3) is 1.79. The normalized spacial score (nSPS) is 11.6. The summed E-state index contributed by atoms with van der Waals surface area (Å²) in [5, 5.41) is 14.7. The average Bonchev–Trinajstić information content (AvgIpc) is 2.56. The Morgan fingerprint density at radius 3 is 2.75 bits per heavy atom. The van der Waals surface area contributed by atoms with Gasteiger partial charge in [0.1, 0.15) is 0 Å². The topological polar surface area (TPSA) is 41.6 Å². The number of aromatic nitrogens is 2. The van der Waals surface area contributed by atoms with Gasteiger partial charge < -0.3 is 0 Å². The fourth-order valence-corrected chi connectivity index (χ4v) is 1.88. The van der Waals surface area contributed by atoms with Crippen LogP contribution in [-0.2, 0) is 13.5 Å². The molecular formula is C13H15N3. The van der Waals surface area contributed by atoms with E-state index in [4.69, 9.17) is 5.26 Å². The zero-order valence-electron chi connectivity index (χ0n) is 9.86. The van der Waals surface area contributed by atoms with Crippen molar-refractivity contribution in [1.82, 2.24) is 9.78 Å². The molecule has 0 aliphatic carbocycles. The maximum atomic E-state index is 9.05. The molecule has 0 radical (unpaired) electrons. The average molecular weight is 213 g/mol. The van der Waals surface area contributed by atoms with Gasteiger partial charge in [-0.3, -0.25) is 4.68 Å². The van der Waals surface area contributed by atoms with Crippen LogP contribution in [0.4, 0.5) is 0 Å². The number of hydrogen-bond donors (Lipinski definition) is 0. The van der Waals surface area contributed by atoms with E-state index in [-0.39, 0.29) is 5.41 Å². The molecule has 0 bridgehead atoms.